The lowest BCUT2D eigenvalue weighted by atomic mass is 10.1. The van der Waals surface area contributed by atoms with Gasteiger partial charge in [0.05, 0.1) is 0 Å². The largest absolute Gasteiger partial charge is 0.351 e. The molecule has 0 N–H and O–H groups in total. The van der Waals surface area contributed by atoms with Gasteiger partial charge < -0.3 is 4.57 Å². The van der Waals surface area contributed by atoms with Crippen molar-refractivity contribution in [3.8, 4) is 0 Å². The highest BCUT2D eigenvalue weighted by molar-refractivity contribution is 5.81. The first-order chi connectivity index (χ1) is 5.81. The summed E-state index contributed by atoms with van der Waals surface area (Å²) in [4.78, 5) is 0. The number of aryl methyl sites for hydroxylation is 1. The van der Waals surface area contributed by atoms with E-state index in [1.54, 1.807) is 0 Å². The summed E-state index contributed by atoms with van der Waals surface area (Å²) in [5, 5.41) is 1.31. The van der Waals surface area contributed by atoms with E-state index in [1.807, 2.05) is 0 Å². The fourth-order valence-corrected chi connectivity index (χ4v) is 1.48. The normalized spacial score (nSPS) is 10.8. The molecule has 1 heteroatoms. The maximum Gasteiger partial charge on any atom is 0.0477 e. The number of fused-ring (bicyclic) bond motifs is 1. The van der Waals surface area contributed by atoms with Gasteiger partial charge in [0.25, 0.3) is 0 Å². The summed E-state index contributed by atoms with van der Waals surface area (Å²) in [5.74, 6) is 0. The van der Waals surface area contributed by atoms with E-state index in [1.165, 1.54) is 16.5 Å². The van der Waals surface area contributed by atoms with Crippen LogP contribution < -0.4 is 0 Å². The van der Waals surface area contributed by atoms with E-state index in [2.05, 4.69) is 55.4 Å². The van der Waals surface area contributed by atoms with E-state index < -0.39 is 0 Å². The van der Waals surface area contributed by atoms with Gasteiger partial charge in [0, 0.05) is 18.8 Å². The zero-order chi connectivity index (χ0) is 8.55. The number of hydrogen-bond donors (Lipinski definition) is 0. The average Bonchev–Trinajstić information content (AvgIpc) is 2.47. The molecule has 1 aromatic carbocycles. The van der Waals surface area contributed by atoms with Crippen molar-refractivity contribution in [2.24, 2.45) is 7.05 Å². The first kappa shape index (κ1) is 7.41. The van der Waals surface area contributed by atoms with Gasteiger partial charge in [-0.05, 0) is 35.6 Å². The first-order valence-corrected chi connectivity index (χ1v) is 4.16. The van der Waals surface area contributed by atoms with Gasteiger partial charge in [0.2, 0.25) is 0 Å². The van der Waals surface area contributed by atoms with E-state index >= 15 is 0 Å². The smallest absolute Gasteiger partial charge is 0.0477 e. The number of nitrogens with zero attached hydrogens (tertiary/aromatic N) is 1. The molecule has 1 radical (unpaired) electrons. The van der Waals surface area contributed by atoms with Crippen molar-refractivity contribution < 1.29 is 0 Å². The summed E-state index contributed by atoms with van der Waals surface area (Å²) in [5.41, 5.74) is 2.58. The fourth-order valence-electron chi connectivity index (χ4n) is 1.48. The van der Waals surface area contributed by atoms with Crippen molar-refractivity contribution in [1.82, 2.24) is 4.57 Å². The van der Waals surface area contributed by atoms with Gasteiger partial charge in [-0.15, -0.1) is 0 Å². The van der Waals surface area contributed by atoms with Crippen LogP contribution in [0.15, 0.2) is 30.5 Å². The van der Waals surface area contributed by atoms with E-state index in [0.29, 0.717) is 0 Å². The Bertz CT molecular complexity index is 398. The molecule has 2 aromatic rings. The lowest BCUT2D eigenvalue weighted by Gasteiger charge is -1.98. The highest BCUT2D eigenvalue weighted by Crippen LogP contribution is 2.17. The van der Waals surface area contributed by atoms with Crippen LogP contribution in [0.5, 0.6) is 0 Å². The van der Waals surface area contributed by atoms with Crippen molar-refractivity contribution in [3.63, 3.8) is 0 Å². The number of rotatable bonds is 1. The van der Waals surface area contributed by atoms with Gasteiger partial charge in [0.1, 0.15) is 0 Å². The topological polar surface area (TPSA) is 4.93 Å². The van der Waals surface area contributed by atoms with Gasteiger partial charge in [-0.25, -0.2) is 0 Å². The summed E-state index contributed by atoms with van der Waals surface area (Å²) in [6.45, 7) is 2.06. The molecular formula is C11H12N. The predicted octanol–water partition coefficient (Wildman–Crippen LogP) is 2.75. The molecule has 2 rings (SSSR count). The summed E-state index contributed by atoms with van der Waals surface area (Å²) in [6, 6.07) is 8.64. The predicted molar refractivity (Wildman–Crippen MR) is 52.0 cm³/mol. The van der Waals surface area contributed by atoms with E-state index in [9.17, 15) is 0 Å². The van der Waals surface area contributed by atoms with Crippen LogP contribution in [0, 0.1) is 6.42 Å². The summed E-state index contributed by atoms with van der Waals surface area (Å²) < 4.78 is 2.13. The van der Waals surface area contributed by atoms with Crippen LogP contribution in [0.3, 0.4) is 0 Å². The fraction of sp³-hybridized carbons (Fsp3) is 0.182. The first-order valence-electron chi connectivity index (χ1n) is 4.16. The van der Waals surface area contributed by atoms with E-state index in [0.717, 1.165) is 0 Å². The lowest BCUT2D eigenvalue weighted by molar-refractivity contribution is 0.969. The minimum Gasteiger partial charge on any atom is -0.351 e. The molecule has 0 unspecified atom stereocenters. The minimum absolute atomic E-state index is 1.29. The average molecular weight is 158 g/mol. The molecule has 0 atom stereocenters. The monoisotopic (exact) mass is 158 g/mol. The van der Waals surface area contributed by atoms with Crippen molar-refractivity contribution in [2.75, 3.05) is 0 Å². The second-order valence-electron chi connectivity index (χ2n) is 3.03. The highest BCUT2D eigenvalue weighted by Gasteiger charge is 1.97. The Morgan fingerprint density at radius 2 is 2.08 bits per heavy atom. The molecule has 0 aliphatic rings. The molecule has 0 saturated heterocycles. The summed E-state index contributed by atoms with van der Waals surface area (Å²) in [7, 11) is 2.07. The Labute approximate surface area is 72.6 Å². The van der Waals surface area contributed by atoms with Gasteiger partial charge in [-0.1, -0.05) is 13.0 Å². The standard InChI is InChI=1S/C11H12N/c1-3-9-4-5-11-10(8-9)6-7-12(11)2/h3-8H,1-2H3. The third-order valence-electron chi connectivity index (χ3n) is 2.24. The second-order valence-corrected chi connectivity index (χ2v) is 3.03. The highest BCUT2D eigenvalue weighted by atomic mass is 14.9. The number of aromatic nitrogens is 1. The molecule has 1 aromatic heterocycles. The Balaban J connectivity index is 2.69. The van der Waals surface area contributed by atoms with Crippen LogP contribution in [-0.4, -0.2) is 4.57 Å². The zero-order valence-electron chi connectivity index (χ0n) is 7.41. The Kier molecular flexibility index (Phi) is 1.65. The van der Waals surface area contributed by atoms with Crippen molar-refractivity contribution in [2.45, 2.75) is 6.92 Å². The van der Waals surface area contributed by atoms with Crippen LogP contribution in [0.4, 0.5) is 0 Å². The molecule has 0 fully saturated rings. The third kappa shape index (κ3) is 1.02. The van der Waals surface area contributed by atoms with Crippen molar-refractivity contribution in [3.05, 3.63) is 42.4 Å². The Morgan fingerprint density at radius 3 is 2.83 bits per heavy atom. The van der Waals surface area contributed by atoms with Crippen LogP contribution in [0.1, 0.15) is 12.5 Å². The molecule has 0 bridgehead atoms. The van der Waals surface area contributed by atoms with Gasteiger partial charge in [-0.3, -0.25) is 0 Å². The van der Waals surface area contributed by atoms with Crippen LogP contribution in [0.25, 0.3) is 10.9 Å². The molecule has 1 nitrogen and oxygen atoms in total. The molecular weight excluding hydrogens is 146 g/mol. The van der Waals surface area contributed by atoms with Crippen LogP contribution >= 0.6 is 0 Å². The summed E-state index contributed by atoms with van der Waals surface area (Å²) in [6.07, 6.45) is 4.20. The molecule has 61 valence electrons. The third-order valence-corrected chi connectivity index (χ3v) is 2.24. The Hall–Kier alpha value is -1.24. The van der Waals surface area contributed by atoms with Crippen LogP contribution in [-0.2, 0) is 7.05 Å². The maximum absolute atomic E-state index is 2.20. The molecule has 1 heterocycles. The zero-order valence-corrected chi connectivity index (χ0v) is 7.41. The number of benzene rings is 1. The lowest BCUT2D eigenvalue weighted by Crippen LogP contribution is -1.83. The molecule has 0 saturated carbocycles. The molecule has 12 heavy (non-hydrogen) atoms. The second kappa shape index (κ2) is 2.67. The molecule has 0 amide bonds. The number of hydrogen-bond acceptors (Lipinski definition) is 0. The molecule has 0 spiro atoms. The molecule has 0 aliphatic carbocycles. The van der Waals surface area contributed by atoms with Crippen molar-refractivity contribution >= 4 is 10.9 Å². The molecule has 0 aliphatic heterocycles. The quantitative estimate of drug-likeness (QED) is 0.601. The van der Waals surface area contributed by atoms with E-state index in [4.69, 9.17) is 0 Å². The van der Waals surface area contributed by atoms with Gasteiger partial charge >= 0.3 is 0 Å². The van der Waals surface area contributed by atoms with Crippen LogP contribution in [0.2, 0.25) is 0 Å². The maximum atomic E-state index is 2.20. The minimum atomic E-state index is 1.29. The SMILES string of the molecule is C[CH]c1ccc2c(ccn2C)c1. The Morgan fingerprint density at radius 1 is 1.25 bits per heavy atom. The summed E-state index contributed by atoms with van der Waals surface area (Å²) >= 11 is 0. The van der Waals surface area contributed by atoms with Gasteiger partial charge in [0.15, 0.2) is 0 Å². The van der Waals surface area contributed by atoms with Crippen molar-refractivity contribution in [1.29, 1.82) is 0 Å². The van der Waals surface area contributed by atoms with E-state index in [-0.39, 0.29) is 0 Å². The van der Waals surface area contributed by atoms with Gasteiger partial charge in [-0.2, -0.15) is 0 Å².